The molecule has 0 aliphatic rings. The number of aromatic nitrogens is 9. The average Bonchev–Trinajstić information content (AvgIpc) is 1.55. The summed E-state index contributed by atoms with van der Waals surface area (Å²) in [6.45, 7) is 0. The van der Waals surface area contributed by atoms with Crippen LogP contribution >= 0.6 is 0 Å². The SMILES string of the molecule is c1ccc(-c2cc(-c3ccc4ccccc4c3)nc(-c3cc(-n4c5ccccc5c5c4ccc4c6ccccc6n(-c6ccccc6)c45)cc4ccccc34)n2)cc1.c1ccc(-c2nc(-c3ccc4ccccc4c3)nc(-c3ccc4c(-n5c6ccccc6c6c5ccc5c7ccccc7n(-c7ccccc7)c56)cccc4c3)n2)cc1. The van der Waals surface area contributed by atoms with Crippen molar-refractivity contribution < 1.29 is 0 Å². The maximum atomic E-state index is 5.39. The third-order valence-electron chi connectivity index (χ3n) is 23.2. The first-order valence-electron chi connectivity index (χ1n) is 39.4. The predicted octanol–water partition coefficient (Wildman–Crippen LogP) is 27.4. The Morgan fingerprint density at radius 2 is 0.560 bits per heavy atom. The van der Waals surface area contributed by atoms with Crippen LogP contribution in [0.15, 0.2) is 406 Å². The topological polar surface area (TPSA) is 84.2 Å². The van der Waals surface area contributed by atoms with Gasteiger partial charge in [-0.2, -0.15) is 0 Å². The van der Waals surface area contributed by atoms with Gasteiger partial charge in [0.15, 0.2) is 23.3 Å². The minimum Gasteiger partial charge on any atom is -0.309 e. The van der Waals surface area contributed by atoms with Gasteiger partial charge in [-0.15, -0.1) is 0 Å². The minimum atomic E-state index is 0.636. The Balaban J connectivity index is 0.000000137. The average molecular weight is 1480 g/mol. The molecule has 9 nitrogen and oxygen atoms in total. The van der Waals surface area contributed by atoms with E-state index in [0.717, 1.165) is 117 Å². The second kappa shape index (κ2) is 27.1. The van der Waals surface area contributed by atoms with E-state index in [1.807, 2.05) is 24.3 Å². The van der Waals surface area contributed by atoms with Gasteiger partial charge >= 0.3 is 0 Å². The van der Waals surface area contributed by atoms with Gasteiger partial charge in [-0.25, -0.2) is 24.9 Å². The summed E-state index contributed by atoms with van der Waals surface area (Å²) >= 11 is 0. The molecular weight excluding hydrogens is 1410 g/mol. The van der Waals surface area contributed by atoms with Crippen molar-refractivity contribution in [1.29, 1.82) is 0 Å². The molecule has 9 heteroatoms. The molecule has 0 bridgehead atoms. The normalized spacial score (nSPS) is 11.8. The Morgan fingerprint density at radius 3 is 1.13 bits per heavy atom. The highest BCUT2D eigenvalue weighted by molar-refractivity contribution is 6.28. The molecule has 0 fully saturated rings. The maximum absolute atomic E-state index is 5.39. The molecule has 18 aromatic carbocycles. The van der Waals surface area contributed by atoms with Crippen LogP contribution in [0.1, 0.15) is 0 Å². The standard InChI is InChI=1S/C54H34N4.C53H33N5/c1-3-16-36(17-4-1)47-34-48(39-28-27-35-15-7-8-18-37(35)31-39)56-54(55-47)46-33-41(32-38-19-9-10-22-42(38)46)57-50-26-14-12-24-45(50)52-51(57)30-29-44-43-23-11-13-25-49(43)58(53(44)52)40-20-5-2-6-21-40;1-3-15-35(16-4-1)51-54-52(38-27-26-34-14-7-8-17-36(34)32-38)56-53(55-51)39-28-29-41-37(33-39)18-13-25-45(41)58-47-24-12-10-22-44(47)49-48(58)31-30-43-42-21-9-11-23-46(42)57(50(43)49)40-19-5-2-6-20-40/h1-34H;1-33H. The van der Waals surface area contributed by atoms with Gasteiger partial charge < -0.3 is 18.3 Å². The van der Waals surface area contributed by atoms with Gasteiger partial charge in [0.25, 0.3) is 0 Å². The number of benzene rings is 18. The van der Waals surface area contributed by atoms with Crippen molar-refractivity contribution in [1.82, 2.24) is 43.2 Å². The largest absolute Gasteiger partial charge is 0.309 e. The van der Waals surface area contributed by atoms with Crippen LogP contribution in [-0.4, -0.2) is 43.2 Å². The summed E-state index contributed by atoms with van der Waals surface area (Å²) in [5.74, 6) is 2.62. The second-order valence-corrected chi connectivity index (χ2v) is 29.8. The Labute approximate surface area is 666 Å². The van der Waals surface area contributed by atoms with Gasteiger partial charge in [-0.3, -0.25) is 0 Å². The molecule has 0 saturated carbocycles. The van der Waals surface area contributed by atoms with Crippen LogP contribution in [0.3, 0.4) is 0 Å². The Hall–Kier alpha value is -15.7. The highest BCUT2D eigenvalue weighted by atomic mass is 15.1. The first kappa shape index (κ1) is 66.1. The van der Waals surface area contributed by atoms with E-state index < -0.39 is 0 Å². The first-order chi connectivity index (χ1) is 57.5. The molecule has 0 N–H and O–H groups in total. The molecule has 6 aromatic heterocycles. The summed E-state index contributed by atoms with van der Waals surface area (Å²) in [6.07, 6.45) is 0. The second-order valence-electron chi connectivity index (χ2n) is 29.8. The van der Waals surface area contributed by atoms with Crippen molar-refractivity contribution in [2.45, 2.75) is 0 Å². The van der Waals surface area contributed by atoms with Gasteiger partial charge in [0.05, 0.1) is 61.2 Å². The Kier molecular flexibility index (Phi) is 15.4. The molecular formula is C107H67N9. The van der Waals surface area contributed by atoms with E-state index in [1.165, 1.54) is 81.3 Å². The first-order valence-corrected chi connectivity index (χ1v) is 39.4. The number of hydrogen-bond donors (Lipinski definition) is 0. The number of rotatable bonds is 10. The molecule has 0 radical (unpaired) electrons. The molecule has 0 aliphatic heterocycles. The third kappa shape index (κ3) is 10.9. The molecule has 0 aliphatic carbocycles. The van der Waals surface area contributed by atoms with E-state index in [2.05, 4.69) is 400 Å². The summed E-state index contributed by atoms with van der Waals surface area (Å²) in [6, 6.07) is 145. The van der Waals surface area contributed by atoms with Crippen LogP contribution < -0.4 is 0 Å². The zero-order valence-corrected chi connectivity index (χ0v) is 62.7. The number of hydrogen-bond acceptors (Lipinski definition) is 5. The van der Waals surface area contributed by atoms with Crippen LogP contribution in [0, 0.1) is 0 Å². The molecule has 0 saturated heterocycles. The molecule has 0 spiro atoms. The quantitative estimate of drug-likeness (QED) is 0.136. The zero-order chi connectivity index (χ0) is 76.3. The highest BCUT2D eigenvalue weighted by Crippen LogP contribution is 2.47. The maximum Gasteiger partial charge on any atom is 0.164 e. The van der Waals surface area contributed by atoms with Gasteiger partial charge in [-0.1, -0.05) is 303 Å². The summed E-state index contributed by atoms with van der Waals surface area (Å²) in [5, 5.41) is 19.1. The van der Waals surface area contributed by atoms with E-state index >= 15 is 0 Å². The van der Waals surface area contributed by atoms with Crippen LogP contribution in [-0.2, 0) is 0 Å². The lowest BCUT2D eigenvalue weighted by Gasteiger charge is -2.15. The number of nitrogens with zero attached hydrogens (tertiary/aromatic N) is 9. The lowest BCUT2D eigenvalue weighted by Crippen LogP contribution is -2.00. The smallest absolute Gasteiger partial charge is 0.164 e. The molecule has 6 heterocycles. The van der Waals surface area contributed by atoms with E-state index in [0.29, 0.717) is 23.3 Å². The fraction of sp³-hybridized carbons (Fsp3) is 0. The number of para-hydroxylation sites is 6. The Bertz CT molecular complexity index is 8080. The third-order valence-corrected chi connectivity index (χ3v) is 23.2. The summed E-state index contributed by atoms with van der Waals surface area (Å²) in [7, 11) is 0. The van der Waals surface area contributed by atoms with Crippen molar-refractivity contribution in [2.75, 3.05) is 0 Å². The van der Waals surface area contributed by atoms with Crippen molar-refractivity contribution in [3.63, 3.8) is 0 Å². The highest BCUT2D eigenvalue weighted by Gasteiger charge is 2.26. The lowest BCUT2D eigenvalue weighted by molar-refractivity contribution is 1.07. The molecule has 24 aromatic rings. The van der Waals surface area contributed by atoms with Gasteiger partial charge in [0.2, 0.25) is 0 Å². The lowest BCUT2D eigenvalue weighted by atomic mass is 10.0. The summed E-state index contributed by atoms with van der Waals surface area (Å²) in [4.78, 5) is 25.9. The molecule has 0 atom stereocenters. The van der Waals surface area contributed by atoms with E-state index in [-0.39, 0.29) is 0 Å². The molecule has 0 unspecified atom stereocenters. The molecule has 0 amide bonds. The van der Waals surface area contributed by atoms with Crippen LogP contribution in [0.4, 0.5) is 0 Å². The van der Waals surface area contributed by atoms with Crippen molar-refractivity contribution in [3.8, 4) is 90.8 Å². The van der Waals surface area contributed by atoms with Gasteiger partial charge in [0, 0.05) is 98.9 Å². The fourth-order valence-corrected chi connectivity index (χ4v) is 18.0. The zero-order valence-electron chi connectivity index (χ0n) is 62.7. The van der Waals surface area contributed by atoms with E-state index in [1.54, 1.807) is 0 Å². The van der Waals surface area contributed by atoms with Crippen molar-refractivity contribution in [2.24, 2.45) is 0 Å². The van der Waals surface area contributed by atoms with Crippen LogP contribution in [0.2, 0.25) is 0 Å². The number of fused-ring (bicyclic) bond motifs is 18. The van der Waals surface area contributed by atoms with Gasteiger partial charge in [0.1, 0.15) is 0 Å². The molecule has 540 valence electrons. The minimum absolute atomic E-state index is 0.636. The van der Waals surface area contributed by atoms with Crippen LogP contribution in [0.25, 0.3) is 221 Å². The van der Waals surface area contributed by atoms with Crippen molar-refractivity contribution >= 4 is 130 Å². The Morgan fingerprint density at radius 1 is 0.172 bits per heavy atom. The monoisotopic (exact) mass is 1480 g/mol. The summed E-state index contributed by atoms with van der Waals surface area (Å²) < 4.78 is 9.74. The van der Waals surface area contributed by atoms with Gasteiger partial charge in [-0.05, 0) is 141 Å². The molecule has 24 rings (SSSR count). The molecule has 116 heavy (non-hydrogen) atoms. The summed E-state index contributed by atoms with van der Waals surface area (Å²) in [5.41, 5.74) is 21.6. The van der Waals surface area contributed by atoms with Crippen LogP contribution in [0.5, 0.6) is 0 Å². The van der Waals surface area contributed by atoms with Crippen molar-refractivity contribution in [3.05, 3.63) is 406 Å². The van der Waals surface area contributed by atoms with E-state index in [4.69, 9.17) is 24.9 Å². The fourth-order valence-electron chi connectivity index (χ4n) is 18.0. The van der Waals surface area contributed by atoms with E-state index in [9.17, 15) is 0 Å². The predicted molar refractivity (Wildman–Crippen MR) is 482 cm³/mol.